The van der Waals surface area contributed by atoms with Gasteiger partial charge in [-0.2, -0.15) is 0 Å². The third-order valence-electron chi connectivity index (χ3n) is 7.79. The number of rotatable bonds is 6. The van der Waals surface area contributed by atoms with Crippen LogP contribution in [-0.2, 0) is 0 Å². The molecule has 42 heavy (non-hydrogen) atoms. The Labute approximate surface area is 253 Å². The van der Waals surface area contributed by atoms with Crippen LogP contribution in [0.1, 0.15) is 50.9 Å². The average Bonchev–Trinajstić information content (AvgIpc) is 3.40. The van der Waals surface area contributed by atoms with E-state index in [1.165, 1.54) is 24.4 Å². The highest BCUT2D eigenvalue weighted by Crippen LogP contribution is 2.24. The summed E-state index contributed by atoms with van der Waals surface area (Å²) in [6.07, 6.45) is 9.53. The van der Waals surface area contributed by atoms with Crippen molar-refractivity contribution in [3.8, 4) is 11.3 Å². The number of nitrogens with zero attached hydrogens (tertiary/aromatic N) is 8. The summed E-state index contributed by atoms with van der Waals surface area (Å²) >= 11 is 5.87. The Morgan fingerprint density at radius 1 is 0.762 bits per heavy atom. The highest BCUT2D eigenvalue weighted by Gasteiger charge is 2.20. The van der Waals surface area contributed by atoms with E-state index in [4.69, 9.17) is 11.6 Å². The van der Waals surface area contributed by atoms with Crippen molar-refractivity contribution in [1.82, 2.24) is 29.7 Å². The number of carbonyl (C=O) groups excluding carboxylic acids is 1. The number of benzene rings is 1. The summed E-state index contributed by atoms with van der Waals surface area (Å²) in [6.45, 7) is 17.0. The second-order valence-corrected chi connectivity index (χ2v) is 11.6. The Kier molecular flexibility index (Phi) is 11.6. The summed E-state index contributed by atoms with van der Waals surface area (Å²) in [5.41, 5.74) is 1.17. The van der Waals surface area contributed by atoms with E-state index in [2.05, 4.69) is 67.2 Å². The highest BCUT2D eigenvalue weighted by atomic mass is 35.5. The number of aromatic nitrogens is 4. The van der Waals surface area contributed by atoms with E-state index in [1.807, 2.05) is 0 Å². The summed E-state index contributed by atoms with van der Waals surface area (Å²) in [5, 5.41) is 0.465. The lowest BCUT2D eigenvalue weighted by atomic mass is 10.1. The molecule has 2 aliphatic rings. The molecular weight excluding hydrogens is 555 g/mol. The predicted molar refractivity (Wildman–Crippen MR) is 167 cm³/mol. The SMILES string of the molecule is CC(C)N1CCCN(c2cncc(-c3cc(C=O)ccc3F)n2)CC1.CC(C)N1CCCN(c2cncc(Cl)n2)CC1. The Morgan fingerprint density at radius 2 is 1.33 bits per heavy atom. The first-order chi connectivity index (χ1) is 20.2. The van der Waals surface area contributed by atoms with Gasteiger partial charge in [-0.15, -0.1) is 0 Å². The van der Waals surface area contributed by atoms with Crippen LogP contribution in [0.25, 0.3) is 11.3 Å². The van der Waals surface area contributed by atoms with Gasteiger partial charge in [-0.1, -0.05) is 11.6 Å². The molecule has 2 fully saturated rings. The van der Waals surface area contributed by atoms with Gasteiger partial charge in [0.15, 0.2) is 0 Å². The maximum Gasteiger partial charge on any atom is 0.150 e. The van der Waals surface area contributed by atoms with Gasteiger partial charge in [-0.3, -0.25) is 24.6 Å². The van der Waals surface area contributed by atoms with Crippen molar-refractivity contribution in [3.63, 3.8) is 0 Å². The van der Waals surface area contributed by atoms with Crippen LogP contribution in [0.3, 0.4) is 0 Å². The maximum atomic E-state index is 14.2. The van der Waals surface area contributed by atoms with Gasteiger partial charge in [0, 0.05) is 75.6 Å². The quantitative estimate of drug-likeness (QED) is 0.362. The molecule has 0 saturated carbocycles. The summed E-state index contributed by atoms with van der Waals surface area (Å²) < 4.78 is 14.2. The van der Waals surface area contributed by atoms with Crippen LogP contribution < -0.4 is 9.80 Å². The fraction of sp³-hybridized carbons (Fsp3) is 0.516. The Hall–Kier alpha value is -3.21. The molecule has 0 N–H and O–H groups in total. The van der Waals surface area contributed by atoms with Crippen LogP contribution in [-0.4, -0.2) is 100 Å². The zero-order valence-electron chi connectivity index (χ0n) is 25.1. The van der Waals surface area contributed by atoms with Crippen molar-refractivity contribution >= 4 is 29.5 Å². The van der Waals surface area contributed by atoms with Crippen molar-refractivity contribution in [2.24, 2.45) is 0 Å². The van der Waals surface area contributed by atoms with Crippen molar-refractivity contribution < 1.29 is 9.18 Å². The minimum absolute atomic E-state index is 0.303. The van der Waals surface area contributed by atoms with Crippen molar-refractivity contribution in [2.45, 2.75) is 52.6 Å². The van der Waals surface area contributed by atoms with Gasteiger partial charge in [-0.25, -0.2) is 14.4 Å². The molecule has 0 amide bonds. The third-order valence-corrected chi connectivity index (χ3v) is 7.97. The van der Waals surface area contributed by atoms with Crippen LogP contribution in [0.5, 0.6) is 0 Å². The summed E-state index contributed by atoms with van der Waals surface area (Å²) in [5.74, 6) is 1.24. The number of halogens is 2. The molecule has 11 heteroatoms. The van der Waals surface area contributed by atoms with E-state index < -0.39 is 5.82 Å². The largest absolute Gasteiger partial charge is 0.354 e. The average molecular weight is 597 g/mol. The normalized spacial score (nSPS) is 17.0. The molecule has 0 bridgehead atoms. The Balaban J connectivity index is 0.000000208. The van der Waals surface area contributed by atoms with Crippen molar-refractivity contribution in [1.29, 1.82) is 0 Å². The molecule has 2 aromatic heterocycles. The van der Waals surface area contributed by atoms with Gasteiger partial charge in [0.25, 0.3) is 0 Å². The lowest BCUT2D eigenvalue weighted by Gasteiger charge is -2.25. The van der Waals surface area contributed by atoms with Gasteiger partial charge < -0.3 is 9.80 Å². The molecule has 0 radical (unpaired) electrons. The first-order valence-corrected chi connectivity index (χ1v) is 15.2. The number of carbonyl (C=O) groups is 1. The lowest BCUT2D eigenvalue weighted by Crippen LogP contribution is -2.35. The van der Waals surface area contributed by atoms with E-state index in [-0.39, 0.29) is 0 Å². The number of hydrogen-bond acceptors (Lipinski definition) is 9. The summed E-state index contributed by atoms with van der Waals surface area (Å²) in [6, 6.07) is 5.40. The van der Waals surface area contributed by atoms with Gasteiger partial charge in [0.1, 0.15) is 28.9 Å². The minimum atomic E-state index is -0.404. The molecule has 2 aliphatic heterocycles. The second-order valence-electron chi connectivity index (χ2n) is 11.3. The van der Waals surface area contributed by atoms with Gasteiger partial charge >= 0.3 is 0 Å². The predicted octanol–water partition coefficient (Wildman–Crippen LogP) is 5.07. The van der Waals surface area contributed by atoms with E-state index in [0.717, 1.165) is 76.8 Å². The van der Waals surface area contributed by atoms with Crippen LogP contribution in [0.4, 0.5) is 16.0 Å². The van der Waals surface area contributed by atoms with Gasteiger partial charge in [-0.05, 0) is 58.7 Å². The van der Waals surface area contributed by atoms with E-state index in [1.54, 1.807) is 18.6 Å². The maximum absolute atomic E-state index is 14.2. The number of anilines is 2. The molecule has 5 rings (SSSR count). The molecule has 0 unspecified atom stereocenters. The van der Waals surface area contributed by atoms with Crippen LogP contribution in [0.2, 0.25) is 5.15 Å². The molecule has 4 heterocycles. The fourth-order valence-corrected chi connectivity index (χ4v) is 5.44. The topological polar surface area (TPSA) is 81.6 Å². The molecule has 9 nitrogen and oxygen atoms in total. The molecular formula is C31H42ClFN8O. The van der Waals surface area contributed by atoms with Crippen molar-refractivity contribution in [2.75, 3.05) is 62.2 Å². The highest BCUT2D eigenvalue weighted by molar-refractivity contribution is 6.29. The Bertz CT molecular complexity index is 1310. The summed E-state index contributed by atoms with van der Waals surface area (Å²) in [4.78, 5) is 37.6. The summed E-state index contributed by atoms with van der Waals surface area (Å²) in [7, 11) is 0. The zero-order valence-corrected chi connectivity index (χ0v) is 25.8. The molecule has 1 aromatic carbocycles. The number of hydrogen-bond donors (Lipinski definition) is 0. The van der Waals surface area contributed by atoms with Gasteiger partial charge in [0.2, 0.25) is 0 Å². The number of aldehydes is 1. The van der Waals surface area contributed by atoms with Crippen molar-refractivity contribution in [3.05, 3.63) is 59.5 Å². The lowest BCUT2D eigenvalue weighted by molar-refractivity contribution is 0.112. The minimum Gasteiger partial charge on any atom is -0.354 e. The molecule has 0 atom stereocenters. The smallest absolute Gasteiger partial charge is 0.150 e. The molecule has 2 saturated heterocycles. The van der Waals surface area contributed by atoms with E-state index >= 15 is 0 Å². The van der Waals surface area contributed by atoms with Crippen LogP contribution in [0, 0.1) is 5.82 Å². The molecule has 226 valence electrons. The third kappa shape index (κ3) is 8.65. The van der Waals surface area contributed by atoms with E-state index in [9.17, 15) is 9.18 Å². The zero-order chi connectivity index (χ0) is 30.1. The molecule has 0 spiro atoms. The Morgan fingerprint density at radius 3 is 1.88 bits per heavy atom. The van der Waals surface area contributed by atoms with Crippen LogP contribution >= 0.6 is 11.6 Å². The standard InChI is InChI=1S/C19H23FN4O.C12H19ClN4/c1-14(2)23-6-3-7-24(9-8-23)19-12-21-11-18(22-19)16-10-15(13-25)4-5-17(16)20;1-10(2)16-4-3-5-17(7-6-16)12-9-14-8-11(13)15-12/h4-5,10-14H,3,6-9H2,1-2H3;8-10H,3-7H2,1-2H3. The fourth-order valence-electron chi connectivity index (χ4n) is 5.30. The first kappa shape index (κ1) is 31.7. The second kappa shape index (κ2) is 15.3. The van der Waals surface area contributed by atoms with Crippen LogP contribution in [0.15, 0.2) is 43.0 Å². The van der Waals surface area contributed by atoms with E-state index in [0.29, 0.717) is 40.3 Å². The first-order valence-electron chi connectivity index (χ1n) is 14.8. The molecule has 0 aliphatic carbocycles. The van der Waals surface area contributed by atoms with Gasteiger partial charge in [0.05, 0.1) is 30.5 Å². The monoisotopic (exact) mass is 596 g/mol. The molecule has 3 aromatic rings.